The number of nitrogens with zero attached hydrogens (tertiary/aromatic N) is 7. The normalized spacial score (nSPS) is 11.4. The Morgan fingerprint density at radius 2 is 0.845 bits per heavy atom. The van der Waals surface area contributed by atoms with Crippen LogP contribution in [-0.4, -0.2) is 34.9 Å². The van der Waals surface area contributed by atoms with Gasteiger partial charge in [0.25, 0.3) is 0 Å². The third kappa shape index (κ3) is 6.08. The zero-order valence-electron chi connectivity index (χ0n) is 31.0. The number of pyridine rings is 4. The summed E-state index contributed by atoms with van der Waals surface area (Å²) in [6.07, 6.45) is 3.69. The highest BCUT2D eigenvalue weighted by molar-refractivity contribution is 6.08. The van der Waals surface area contributed by atoms with Crippen LogP contribution in [0.4, 0.5) is 0 Å². The molecule has 0 radical (unpaired) electrons. The molecule has 0 aliphatic rings. The van der Waals surface area contributed by atoms with Crippen LogP contribution in [0.2, 0.25) is 0 Å². The van der Waals surface area contributed by atoms with Crippen molar-refractivity contribution in [2.24, 2.45) is 0 Å². The van der Waals surface area contributed by atoms with Gasteiger partial charge in [-0.1, -0.05) is 127 Å². The first-order chi connectivity index (χ1) is 28.7. The van der Waals surface area contributed by atoms with Gasteiger partial charge in [0.15, 0.2) is 17.5 Å². The minimum absolute atomic E-state index is 0.532. The van der Waals surface area contributed by atoms with E-state index in [2.05, 4.69) is 113 Å². The third-order valence-electron chi connectivity index (χ3n) is 10.6. The highest BCUT2D eigenvalue weighted by Crippen LogP contribution is 2.34. The fourth-order valence-electron chi connectivity index (χ4n) is 7.64. The molecule has 0 saturated heterocycles. The van der Waals surface area contributed by atoms with E-state index in [0.717, 1.165) is 88.2 Å². The summed E-state index contributed by atoms with van der Waals surface area (Å²) in [5.41, 5.74) is 12.6. The van der Waals surface area contributed by atoms with Crippen molar-refractivity contribution in [1.82, 2.24) is 34.9 Å². The molecule has 11 aromatic rings. The van der Waals surface area contributed by atoms with Crippen molar-refractivity contribution in [3.63, 3.8) is 0 Å². The Labute approximate surface area is 333 Å². The maximum absolute atomic E-state index is 5.06. The maximum atomic E-state index is 5.06. The van der Waals surface area contributed by atoms with E-state index >= 15 is 0 Å². The van der Waals surface area contributed by atoms with Crippen molar-refractivity contribution in [1.29, 1.82) is 0 Å². The molecule has 0 aliphatic heterocycles. The molecule has 0 bridgehead atoms. The molecule has 0 spiro atoms. The van der Waals surface area contributed by atoms with Crippen LogP contribution >= 0.6 is 0 Å². The molecule has 0 fully saturated rings. The van der Waals surface area contributed by atoms with Gasteiger partial charge in [-0.25, -0.2) is 24.9 Å². The Bertz CT molecular complexity index is 3270. The lowest BCUT2D eigenvalue weighted by Crippen LogP contribution is -2.01. The van der Waals surface area contributed by atoms with Crippen LogP contribution in [-0.2, 0) is 0 Å². The van der Waals surface area contributed by atoms with E-state index in [-0.39, 0.29) is 0 Å². The molecule has 0 unspecified atom stereocenters. The molecule has 7 nitrogen and oxygen atoms in total. The molecule has 11 rings (SSSR count). The Hall–Kier alpha value is -8.03. The topological polar surface area (TPSA) is 90.2 Å². The lowest BCUT2D eigenvalue weighted by atomic mass is 9.98. The van der Waals surface area contributed by atoms with Crippen LogP contribution in [0.1, 0.15) is 0 Å². The molecule has 0 N–H and O–H groups in total. The van der Waals surface area contributed by atoms with Crippen LogP contribution in [0.25, 0.3) is 111 Å². The summed E-state index contributed by atoms with van der Waals surface area (Å²) >= 11 is 0. The van der Waals surface area contributed by atoms with E-state index in [4.69, 9.17) is 24.9 Å². The van der Waals surface area contributed by atoms with Gasteiger partial charge in [0.1, 0.15) is 5.69 Å². The fraction of sp³-hybridized carbons (Fsp3) is 0. The molecule has 5 heterocycles. The van der Waals surface area contributed by atoms with Gasteiger partial charge >= 0.3 is 0 Å². The molecular formula is C51H31N7. The van der Waals surface area contributed by atoms with Crippen molar-refractivity contribution < 1.29 is 0 Å². The minimum atomic E-state index is 0.532. The van der Waals surface area contributed by atoms with Gasteiger partial charge in [-0.2, -0.15) is 0 Å². The lowest BCUT2D eigenvalue weighted by molar-refractivity contribution is 1.06. The van der Waals surface area contributed by atoms with Crippen LogP contribution in [0.15, 0.2) is 188 Å². The summed E-state index contributed by atoms with van der Waals surface area (Å²) in [7, 11) is 0. The van der Waals surface area contributed by atoms with Crippen molar-refractivity contribution in [2.45, 2.75) is 0 Å². The number of benzene rings is 6. The summed E-state index contributed by atoms with van der Waals surface area (Å²) in [6, 6.07) is 60.0. The summed E-state index contributed by atoms with van der Waals surface area (Å²) in [4.78, 5) is 33.9. The maximum Gasteiger partial charge on any atom is 0.182 e. The lowest BCUT2D eigenvalue weighted by Gasteiger charge is -2.10. The van der Waals surface area contributed by atoms with Gasteiger partial charge in [0.05, 0.1) is 27.8 Å². The van der Waals surface area contributed by atoms with Crippen molar-refractivity contribution in [2.75, 3.05) is 0 Å². The number of hydrogen-bond donors (Lipinski definition) is 0. The van der Waals surface area contributed by atoms with E-state index < -0.39 is 0 Å². The van der Waals surface area contributed by atoms with Crippen molar-refractivity contribution >= 4 is 43.6 Å². The predicted octanol–water partition coefficient (Wildman–Crippen LogP) is 12.1. The van der Waals surface area contributed by atoms with E-state index in [1.165, 1.54) is 0 Å². The van der Waals surface area contributed by atoms with Crippen molar-refractivity contribution in [3.05, 3.63) is 188 Å². The van der Waals surface area contributed by atoms with Crippen LogP contribution in [0.3, 0.4) is 0 Å². The third-order valence-corrected chi connectivity index (χ3v) is 10.6. The number of fused-ring (bicyclic) bond motifs is 5. The average Bonchev–Trinajstić information content (AvgIpc) is 3.31. The molecule has 0 aliphatic carbocycles. The van der Waals surface area contributed by atoms with Crippen LogP contribution in [0, 0.1) is 0 Å². The smallest absolute Gasteiger partial charge is 0.182 e. The molecule has 7 heteroatoms. The predicted molar refractivity (Wildman–Crippen MR) is 234 cm³/mol. The molecule has 58 heavy (non-hydrogen) atoms. The van der Waals surface area contributed by atoms with Gasteiger partial charge in [0.2, 0.25) is 0 Å². The highest BCUT2D eigenvalue weighted by Gasteiger charge is 2.15. The number of rotatable bonds is 6. The minimum Gasteiger partial charge on any atom is -0.254 e. The summed E-state index contributed by atoms with van der Waals surface area (Å²) < 4.78 is 0. The Morgan fingerprint density at radius 1 is 0.293 bits per heavy atom. The van der Waals surface area contributed by atoms with Gasteiger partial charge in [-0.3, -0.25) is 9.97 Å². The standard InChI is InChI=1S/C51H31N7/c1-3-8-35(9-4-1)49-56-50(36-10-5-2-6-11-36)58-51(57-49)46-26-21-40-31-38(19-24-45(40)55-46)37-18-23-44-39(30-37)20-25-43(54-44)33-15-13-32(14-16-33)41-27-29-53-48-42(41)22-17-34-12-7-28-52-47(34)48/h1-31H. The summed E-state index contributed by atoms with van der Waals surface area (Å²) in [5.74, 6) is 1.75. The molecule has 0 saturated carbocycles. The van der Waals surface area contributed by atoms with Crippen LogP contribution < -0.4 is 0 Å². The van der Waals surface area contributed by atoms with E-state index in [0.29, 0.717) is 23.2 Å². The van der Waals surface area contributed by atoms with Gasteiger partial charge < -0.3 is 0 Å². The number of hydrogen-bond acceptors (Lipinski definition) is 7. The zero-order chi connectivity index (χ0) is 38.4. The Kier molecular flexibility index (Phi) is 8.00. The van der Waals surface area contributed by atoms with Gasteiger partial charge in [0, 0.05) is 50.6 Å². The highest BCUT2D eigenvalue weighted by atomic mass is 15.0. The SMILES string of the molecule is c1ccc(-c2nc(-c3ccccc3)nc(-c3ccc4cc(-c5ccc6nc(-c7ccc(-c8ccnc9c8ccc8cccnc89)cc7)ccc6c5)ccc4n3)n2)cc1. The molecular weight excluding hydrogens is 711 g/mol. The summed E-state index contributed by atoms with van der Waals surface area (Å²) in [5, 5.41) is 4.28. The molecule has 0 amide bonds. The molecule has 5 aromatic heterocycles. The van der Waals surface area contributed by atoms with Crippen molar-refractivity contribution in [3.8, 4) is 67.8 Å². The molecule has 270 valence electrons. The first-order valence-corrected chi connectivity index (χ1v) is 19.1. The Balaban J connectivity index is 0.872. The van der Waals surface area contributed by atoms with Gasteiger partial charge in [-0.15, -0.1) is 0 Å². The molecule has 0 atom stereocenters. The second kappa shape index (κ2) is 13.9. The van der Waals surface area contributed by atoms with E-state index in [1.807, 2.05) is 85.2 Å². The van der Waals surface area contributed by atoms with E-state index in [1.54, 1.807) is 0 Å². The number of aromatic nitrogens is 7. The Morgan fingerprint density at radius 3 is 1.52 bits per heavy atom. The van der Waals surface area contributed by atoms with E-state index in [9.17, 15) is 0 Å². The monoisotopic (exact) mass is 741 g/mol. The first kappa shape index (κ1) is 33.3. The fourth-order valence-corrected chi connectivity index (χ4v) is 7.64. The molecule has 6 aromatic carbocycles. The second-order valence-electron chi connectivity index (χ2n) is 14.2. The summed E-state index contributed by atoms with van der Waals surface area (Å²) in [6.45, 7) is 0. The second-order valence-corrected chi connectivity index (χ2v) is 14.2. The average molecular weight is 742 g/mol. The van der Waals surface area contributed by atoms with Crippen LogP contribution in [0.5, 0.6) is 0 Å². The largest absolute Gasteiger partial charge is 0.254 e. The quantitative estimate of drug-likeness (QED) is 0.157. The zero-order valence-corrected chi connectivity index (χ0v) is 31.0. The van der Waals surface area contributed by atoms with Gasteiger partial charge in [-0.05, 0) is 70.8 Å². The first-order valence-electron chi connectivity index (χ1n) is 19.1.